The predicted octanol–water partition coefficient (Wildman–Crippen LogP) is 3.71. The Hall–Kier alpha value is -2.21. The summed E-state index contributed by atoms with van der Waals surface area (Å²) in [7, 11) is 5.39. The average molecular weight is 376 g/mol. The van der Waals surface area contributed by atoms with E-state index in [0.29, 0.717) is 6.54 Å². The van der Waals surface area contributed by atoms with Crippen molar-refractivity contribution in [3.8, 4) is 11.5 Å². The highest BCUT2D eigenvalue weighted by atomic mass is 32.1. The number of rotatable bonds is 8. The zero-order valence-corrected chi connectivity index (χ0v) is 17.2. The van der Waals surface area contributed by atoms with Crippen LogP contribution in [0, 0.1) is 6.92 Å². The number of nitrogens with zero attached hydrogens (tertiary/aromatic N) is 2. The van der Waals surface area contributed by atoms with E-state index in [1.807, 2.05) is 12.1 Å². The van der Waals surface area contributed by atoms with E-state index in [0.717, 1.165) is 37.0 Å². The Morgan fingerprint density at radius 3 is 2.58 bits per heavy atom. The molecule has 0 spiro atoms. The largest absolute Gasteiger partial charge is 0.493 e. The van der Waals surface area contributed by atoms with Crippen molar-refractivity contribution in [3.63, 3.8) is 0 Å². The monoisotopic (exact) mass is 375 g/mol. The summed E-state index contributed by atoms with van der Waals surface area (Å²) in [5.74, 6) is 2.45. The van der Waals surface area contributed by atoms with Gasteiger partial charge in [-0.1, -0.05) is 6.07 Å². The number of methoxy groups -OCH3 is 2. The van der Waals surface area contributed by atoms with Gasteiger partial charge in [-0.15, -0.1) is 11.3 Å². The first-order valence-electron chi connectivity index (χ1n) is 8.82. The Labute approximate surface area is 160 Å². The molecule has 0 amide bonds. The summed E-state index contributed by atoms with van der Waals surface area (Å²) in [5, 5.41) is 5.50. The number of aryl methyl sites for hydroxylation is 1. The van der Waals surface area contributed by atoms with Crippen molar-refractivity contribution in [2.75, 3.05) is 34.4 Å². The fraction of sp³-hybridized carbons (Fsp3) is 0.450. The molecule has 0 aliphatic heterocycles. The van der Waals surface area contributed by atoms with Gasteiger partial charge in [-0.2, -0.15) is 0 Å². The molecule has 2 rings (SSSR count). The molecule has 0 saturated heterocycles. The summed E-state index contributed by atoms with van der Waals surface area (Å²) in [6.45, 7) is 6.66. The van der Waals surface area contributed by atoms with Crippen LogP contribution in [-0.2, 0) is 13.0 Å². The van der Waals surface area contributed by atoms with E-state index in [2.05, 4.69) is 48.6 Å². The Morgan fingerprint density at radius 1 is 1.19 bits per heavy atom. The molecule has 1 N–H and O–H groups in total. The molecule has 0 radical (unpaired) electrons. The van der Waals surface area contributed by atoms with Gasteiger partial charge in [-0.3, -0.25) is 0 Å². The molecule has 2 aromatic rings. The zero-order chi connectivity index (χ0) is 18.9. The standard InChI is InChI=1S/C20H29N3O2S/c1-6-21-20(22-14-19-15(2)10-12-26-19)23(3)11-9-16-7-8-17(24-4)18(13-16)25-5/h7-8,10,12-13H,6,9,11,14H2,1-5H3,(H,21,22). The molecule has 0 aliphatic rings. The number of guanidine groups is 1. The van der Waals surface area contributed by atoms with Gasteiger partial charge in [0.05, 0.1) is 20.8 Å². The van der Waals surface area contributed by atoms with E-state index in [1.54, 1.807) is 25.6 Å². The molecule has 0 unspecified atom stereocenters. The van der Waals surface area contributed by atoms with Crippen molar-refractivity contribution >= 4 is 17.3 Å². The Morgan fingerprint density at radius 2 is 1.96 bits per heavy atom. The van der Waals surface area contributed by atoms with Crippen LogP contribution in [0.15, 0.2) is 34.6 Å². The first-order chi connectivity index (χ1) is 12.6. The summed E-state index contributed by atoms with van der Waals surface area (Å²) in [6.07, 6.45) is 0.902. The Balaban J connectivity index is 2.01. The SMILES string of the molecule is CCNC(=NCc1sccc1C)N(C)CCc1ccc(OC)c(OC)c1. The van der Waals surface area contributed by atoms with Crippen molar-refractivity contribution in [1.82, 2.24) is 10.2 Å². The number of thiophene rings is 1. The molecule has 0 aliphatic carbocycles. The number of ether oxygens (including phenoxy) is 2. The van der Waals surface area contributed by atoms with Crippen LogP contribution in [0.3, 0.4) is 0 Å². The third-order valence-corrected chi connectivity index (χ3v) is 5.23. The normalized spacial score (nSPS) is 11.3. The van der Waals surface area contributed by atoms with E-state index in [9.17, 15) is 0 Å². The van der Waals surface area contributed by atoms with Gasteiger partial charge in [0.15, 0.2) is 17.5 Å². The lowest BCUT2D eigenvalue weighted by molar-refractivity contribution is 0.354. The average Bonchev–Trinajstić information content (AvgIpc) is 3.07. The van der Waals surface area contributed by atoms with Crippen LogP contribution in [0.4, 0.5) is 0 Å². The highest BCUT2D eigenvalue weighted by molar-refractivity contribution is 7.10. The van der Waals surface area contributed by atoms with Crippen molar-refractivity contribution in [2.45, 2.75) is 26.8 Å². The van der Waals surface area contributed by atoms with Crippen LogP contribution >= 0.6 is 11.3 Å². The minimum atomic E-state index is 0.715. The Bertz CT molecular complexity index is 728. The van der Waals surface area contributed by atoms with Crippen LogP contribution in [0.5, 0.6) is 11.5 Å². The molecule has 0 atom stereocenters. The van der Waals surface area contributed by atoms with E-state index in [4.69, 9.17) is 14.5 Å². The summed E-state index contributed by atoms with van der Waals surface area (Å²) in [5.41, 5.74) is 2.52. The molecule has 6 heteroatoms. The fourth-order valence-electron chi connectivity index (χ4n) is 2.62. The van der Waals surface area contributed by atoms with Crippen LogP contribution in [0.1, 0.15) is 22.9 Å². The van der Waals surface area contributed by atoms with Gasteiger partial charge in [0.1, 0.15) is 0 Å². The van der Waals surface area contributed by atoms with Gasteiger partial charge < -0.3 is 19.7 Å². The molecule has 0 saturated carbocycles. The molecule has 0 fully saturated rings. The number of hydrogen-bond acceptors (Lipinski definition) is 4. The second-order valence-electron chi connectivity index (χ2n) is 6.06. The number of nitrogens with one attached hydrogen (secondary N) is 1. The van der Waals surface area contributed by atoms with Gasteiger partial charge in [-0.05, 0) is 55.0 Å². The highest BCUT2D eigenvalue weighted by Gasteiger charge is 2.09. The van der Waals surface area contributed by atoms with Crippen molar-refractivity contribution in [3.05, 3.63) is 45.6 Å². The van der Waals surface area contributed by atoms with Gasteiger partial charge in [0.2, 0.25) is 0 Å². The van der Waals surface area contributed by atoms with Crippen molar-refractivity contribution < 1.29 is 9.47 Å². The lowest BCUT2D eigenvalue weighted by atomic mass is 10.1. The molecule has 1 aromatic heterocycles. The van der Waals surface area contributed by atoms with E-state index in [-0.39, 0.29) is 0 Å². The summed E-state index contributed by atoms with van der Waals surface area (Å²) >= 11 is 1.76. The Kier molecular flexibility index (Phi) is 7.78. The molecule has 26 heavy (non-hydrogen) atoms. The van der Waals surface area contributed by atoms with Gasteiger partial charge in [0, 0.05) is 25.0 Å². The second kappa shape index (κ2) is 10.1. The fourth-order valence-corrected chi connectivity index (χ4v) is 3.45. The van der Waals surface area contributed by atoms with E-state index < -0.39 is 0 Å². The second-order valence-corrected chi connectivity index (χ2v) is 7.06. The first kappa shape index (κ1) is 20.1. The summed E-state index contributed by atoms with van der Waals surface area (Å²) in [6, 6.07) is 8.20. The quantitative estimate of drug-likeness (QED) is 0.564. The number of benzene rings is 1. The van der Waals surface area contributed by atoms with Crippen LogP contribution < -0.4 is 14.8 Å². The maximum atomic E-state index is 5.39. The van der Waals surface area contributed by atoms with Crippen LogP contribution in [0.2, 0.25) is 0 Å². The third-order valence-electron chi connectivity index (χ3n) is 4.22. The van der Waals surface area contributed by atoms with Crippen molar-refractivity contribution in [2.24, 2.45) is 4.99 Å². The number of hydrogen-bond donors (Lipinski definition) is 1. The molecule has 1 aromatic carbocycles. The molecule has 1 heterocycles. The molecule has 0 bridgehead atoms. The molecular formula is C20H29N3O2S. The van der Waals surface area contributed by atoms with Gasteiger partial charge in [-0.25, -0.2) is 4.99 Å². The lowest BCUT2D eigenvalue weighted by Gasteiger charge is -2.22. The molecular weight excluding hydrogens is 346 g/mol. The van der Waals surface area contributed by atoms with Crippen LogP contribution in [0.25, 0.3) is 0 Å². The van der Waals surface area contributed by atoms with E-state index >= 15 is 0 Å². The predicted molar refractivity (Wildman–Crippen MR) is 110 cm³/mol. The van der Waals surface area contributed by atoms with E-state index in [1.165, 1.54) is 16.0 Å². The minimum absolute atomic E-state index is 0.715. The maximum Gasteiger partial charge on any atom is 0.194 e. The molecule has 5 nitrogen and oxygen atoms in total. The summed E-state index contributed by atoms with van der Waals surface area (Å²) < 4.78 is 10.7. The summed E-state index contributed by atoms with van der Waals surface area (Å²) in [4.78, 5) is 8.27. The lowest BCUT2D eigenvalue weighted by Crippen LogP contribution is -2.39. The first-order valence-corrected chi connectivity index (χ1v) is 9.70. The molecule has 142 valence electrons. The zero-order valence-electron chi connectivity index (χ0n) is 16.3. The van der Waals surface area contributed by atoms with Gasteiger partial charge >= 0.3 is 0 Å². The van der Waals surface area contributed by atoms with Gasteiger partial charge in [0.25, 0.3) is 0 Å². The smallest absolute Gasteiger partial charge is 0.194 e. The minimum Gasteiger partial charge on any atom is -0.493 e. The number of aliphatic imine (C=N–C) groups is 1. The highest BCUT2D eigenvalue weighted by Crippen LogP contribution is 2.27. The topological polar surface area (TPSA) is 46.1 Å². The number of likely N-dealkylation sites (N-methyl/N-ethyl adjacent to an activating group) is 1. The van der Waals surface area contributed by atoms with Crippen molar-refractivity contribution in [1.29, 1.82) is 0 Å². The maximum absolute atomic E-state index is 5.39. The third kappa shape index (κ3) is 5.39. The van der Waals surface area contributed by atoms with Crippen LogP contribution in [-0.4, -0.2) is 45.2 Å².